The maximum atomic E-state index is 12.2. The molecule has 1 aliphatic heterocycles. The van der Waals surface area contributed by atoms with Crippen LogP contribution in [0.2, 0.25) is 0 Å². The molecule has 0 radical (unpaired) electrons. The first-order valence-corrected chi connectivity index (χ1v) is 9.20. The third-order valence-electron chi connectivity index (χ3n) is 3.76. The Labute approximate surface area is 143 Å². The second kappa shape index (κ2) is 8.52. The van der Waals surface area contributed by atoms with Crippen LogP contribution < -0.4 is 15.4 Å². The summed E-state index contributed by atoms with van der Waals surface area (Å²) < 4.78 is 26.4. The molecule has 130 valence electrons. The molecule has 2 rings (SSSR count). The molecule has 6 nitrogen and oxygen atoms in total. The number of rotatable bonds is 6. The molecule has 3 N–H and O–H groups in total. The number of hydrogen-bond donors (Lipinski definition) is 3. The molecule has 0 spiro atoms. The lowest BCUT2D eigenvalue weighted by atomic mass is 10.1. The van der Waals surface area contributed by atoms with E-state index in [1.807, 2.05) is 6.92 Å². The summed E-state index contributed by atoms with van der Waals surface area (Å²) in [6.07, 6.45) is 1.38. The van der Waals surface area contributed by atoms with E-state index in [0.29, 0.717) is 24.3 Å². The second-order valence-corrected chi connectivity index (χ2v) is 7.42. The van der Waals surface area contributed by atoms with Crippen molar-refractivity contribution in [2.45, 2.75) is 26.7 Å². The normalized spacial score (nSPS) is 17.4. The minimum atomic E-state index is -3.34. The largest absolute Gasteiger partial charge is 0.325 e. The molecule has 1 unspecified atom stereocenters. The number of benzene rings is 1. The van der Waals surface area contributed by atoms with Crippen molar-refractivity contribution in [2.75, 3.05) is 28.9 Å². The number of carbonyl (C=O) groups excluding carboxylic acids is 1. The number of halogens is 1. The van der Waals surface area contributed by atoms with Crippen LogP contribution in [0.3, 0.4) is 0 Å². The van der Waals surface area contributed by atoms with Crippen LogP contribution >= 0.6 is 12.4 Å². The predicted octanol–water partition coefficient (Wildman–Crippen LogP) is 2.12. The fourth-order valence-corrected chi connectivity index (χ4v) is 3.68. The highest BCUT2D eigenvalue weighted by Gasteiger charge is 2.23. The van der Waals surface area contributed by atoms with Crippen molar-refractivity contribution < 1.29 is 13.2 Å². The van der Waals surface area contributed by atoms with Gasteiger partial charge in [-0.1, -0.05) is 13.0 Å². The van der Waals surface area contributed by atoms with E-state index in [2.05, 4.69) is 15.4 Å². The van der Waals surface area contributed by atoms with Crippen LogP contribution in [0.15, 0.2) is 18.2 Å². The molecular weight excluding hydrogens is 338 g/mol. The van der Waals surface area contributed by atoms with Crippen molar-refractivity contribution >= 4 is 39.7 Å². The number of carbonyl (C=O) groups is 1. The van der Waals surface area contributed by atoms with Crippen LogP contribution in [0.1, 0.15) is 25.3 Å². The van der Waals surface area contributed by atoms with Crippen LogP contribution in [-0.2, 0) is 14.8 Å². The molecule has 0 bridgehead atoms. The molecule has 0 aliphatic carbocycles. The Bertz CT molecular complexity index is 643. The van der Waals surface area contributed by atoms with Crippen molar-refractivity contribution in [1.82, 2.24) is 5.32 Å². The molecule has 0 aromatic heterocycles. The van der Waals surface area contributed by atoms with Crippen molar-refractivity contribution in [3.05, 3.63) is 23.8 Å². The van der Waals surface area contributed by atoms with Gasteiger partial charge in [-0.05, 0) is 44.0 Å². The van der Waals surface area contributed by atoms with Crippen molar-refractivity contribution in [3.8, 4) is 0 Å². The van der Waals surface area contributed by atoms with Gasteiger partial charge < -0.3 is 10.6 Å². The lowest BCUT2D eigenvalue weighted by Crippen LogP contribution is -2.25. The zero-order valence-corrected chi connectivity index (χ0v) is 15.0. The number of anilines is 2. The highest BCUT2D eigenvalue weighted by atomic mass is 35.5. The molecule has 1 aromatic rings. The summed E-state index contributed by atoms with van der Waals surface area (Å²) in [6.45, 7) is 5.16. The number of sulfonamides is 1. The maximum Gasteiger partial charge on any atom is 0.232 e. The van der Waals surface area contributed by atoms with Crippen molar-refractivity contribution in [1.29, 1.82) is 0 Å². The van der Waals surface area contributed by atoms with E-state index in [4.69, 9.17) is 0 Å². The van der Waals surface area contributed by atoms with E-state index in [1.165, 1.54) is 0 Å². The van der Waals surface area contributed by atoms with Gasteiger partial charge in [0.25, 0.3) is 0 Å². The summed E-state index contributed by atoms with van der Waals surface area (Å²) in [5.74, 6) is 0.0260. The summed E-state index contributed by atoms with van der Waals surface area (Å²) in [7, 11) is -3.34. The Morgan fingerprint density at radius 2 is 2.04 bits per heavy atom. The fraction of sp³-hybridized carbons (Fsp3) is 0.533. The van der Waals surface area contributed by atoms with Crippen LogP contribution in [0.5, 0.6) is 0 Å². The van der Waals surface area contributed by atoms with Gasteiger partial charge in [0.2, 0.25) is 15.9 Å². The van der Waals surface area contributed by atoms with Crippen LogP contribution in [0, 0.1) is 12.8 Å². The van der Waals surface area contributed by atoms with Crippen LogP contribution in [0.4, 0.5) is 11.4 Å². The molecule has 1 amide bonds. The molecule has 1 saturated heterocycles. The minimum Gasteiger partial charge on any atom is -0.325 e. The van der Waals surface area contributed by atoms with E-state index in [-0.39, 0.29) is 30.0 Å². The Balaban J connectivity index is 0.00000264. The van der Waals surface area contributed by atoms with Gasteiger partial charge in [-0.2, -0.15) is 0 Å². The predicted molar refractivity (Wildman–Crippen MR) is 95.7 cm³/mol. The summed E-state index contributed by atoms with van der Waals surface area (Å²) in [6, 6.07) is 5.22. The standard InChI is InChI=1S/C15H23N3O3S.ClH/c1-3-9-22(20,21)18-14-6-4-5-13(11(14)2)17-15(19)12-7-8-16-10-12;/h4-6,12,16,18H,3,7-10H2,1-2H3,(H,17,19);1H. The lowest BCUT2D eigenvalue weighted by Gasteiger charge is -2.15. The highest BCUT2D eigenvalue weighted by molar-refractivity contribution is 7.92. The minimum absolute atomic E-state index is 0. The van der Waals surface area contributed by atoms with Gasteiger partial charge in [-0.15, -0.1) is 12.4 Å². The van der Waals surface area contributed by atoms with E-state index < -0.39 is 10.0 Å². The van der Waals surface area contributed by atoms with Gasteiger partial charge in [-0.25, -0.2) is 8.42 Å². The summed E-state index contributed by atoms with van der Waals surface area (Å²) in [5.41, 5.74) is 1.88. The molecule has 1 aromatic carbocycles. The van der Waals surface area contributed by atoms with Gasteiger partial charge >= 0.3 is 0 Å². The third-order valence-corrected chi connectivity index (χ3v) is 5.24. The summed E-state index contributed by atoms with van der Waals surface area (Å²) in [4.78, 5) is 12.2. The molecule has 1 heterocycles. The Morgan fingerprint density at radius 3 is 2.65 bits per heavy atom. The molecule has 1 aliphatic rings. The van der Waals surface area contributed by atoms with Crippen LogP contribution in [-0.4, -0.2) is 33.2 Å². The van der Waals surface area contributed by atoms with Gasteiger partial charge in [-0.3, -0.25) is 9.52 Å². The van der Waals surface area contributed by atoms with Gasteiger partial charge in [0.05, 0.1) is 17.4 Å². The number of hydrogen-bond acceptors (Lipinski definition) is 4. The molecular formula is C15H24ClN3O3S. The quantitative estimate of drug-likeness (QED) is 0.724. The Kier molecular flexibility index (Phi) is 7.31. The van der Waals surface area contributed by atoms with Crippen molar-refractivity contribution in [3.63, 3.8) is 0 Å². The third kappa shape index (κ3) is 5.37. The van der Waals surface area contributed by atoms with Gasteiger partial charge in [0.15, 0.2) is 0 Å². The first kappa shape index (κ1) is 19.7. The van der Waals surface area contributed by atoms with E-state index in [9.17, 15) is 13.2 Å². The average Bonchev–Trinajstić information content (AvgIpc) is 2.97. The van der Waals surface area contributed by atoms with Gasteiger partial charge in [0.1, 0.15) is 0 Å². The average molecular weight is 362 g/mol. The topological polar surface area (TPSA) is 87.3 Å². The van der Waals surface area contributed by atoms with Crippen molar-refractivity contribution in [2.24, 2.45) is 5.92 Å². The first-order chi connectivity index (χ1) is 10.4. The smallest absolute Gasteiger partial charge is 0.232 e. The SMILES string of the molecule is CCCS(=O)(=O)Nc1cccc(NC(=O)C2CCNC2)c1C.Cl. The molecule has 0 saturated carbocycles. The molecule has 8 heteroatoms. The zero-order chi connectivity index (χ0) is 16.2. The highest BCUT2D eigenvalue weighted by Crippen LogP contribution is 2.25. The van der Waals surface area contributed by atoms with E-state index in [1.54, 1.807) is 25.1 Å². The number of amides is 1. The van der Waals surface area contributed by atoms with E-state index >= 15 is 0 Å². The fourth-order valence-electron chi connectivity index (χ4n) is 2.48. The monoisotopic (exact) mass is 361 g/mol. The zero-order valence-electron chi connectivity index (χ0n) is 13.4. The van der Waals surface area contributed by atoms with E-state index in [0.717, 1.165) is 18.5 Å². The maximum absolute atomic E-state index is 12.2. The van der Waals surface area contributed by atoms with Gasteiger partial charge in [0, 0.05) is 12.2 Å². The summed E-state index contributed by atoms with van der Waals surface area (Å²) >= 11 is 0. The van der Waals surface area contributed by atoms with Crippen LogP contribution in [0.25, 0.3) is 0 Å². The lowest BCUT2D eigenvalue weighted by molar-refractivity contribution is -0.119. The first-order valence-electron chi connectivity index (χ1n) is 7.54. The summed E-state index contributed by atoms with van der Waals surface area (Å²) in [5, 5.41) is 6.05. The molecule has 1 fully saturated rings. The number of nitrogens with one attached hydrogen (secondary N) is 3. The Morgan fingerprint density at radius 1 is 1.35 bits per heavy atom. The Hall–Kier alpha value is -1.31. The molecule has 23 heavy (non-hydrogen) atoms. The molecule has 1 atom stereocenters. The second-order valence-electron chi connectivity index (χ2n) is 5.58.